The molecule has 0 saturated heterocycles. The molecule has 0 aliphatic carbocycles. The van der Waals surface area contributed by atoms with Crippen LogP contribution in [0.5, 0.6) is 0 Å². The van der Waals surface area contributed by atoms with E-state index < -0.39 is 0 Å². The first-order chi connectivity index (χ1) is 1.41. The Balaban J connectivity index is -0.00000000200. The molecule has 0 amide bonds. The molecule has 0 aromatic rings. The van der Waals surface area contributed by atoms with Gasteiger partial charge in [0.2, 0.25) is 0 Å². The largest absolute Gasteiger partial charge is 3.00 e. The summed E-state index contributed by atoms with van der Waals surface area (Å²) in [7, 11) is 0. The van der Waals surface area contributed by atoms with Gasteiger partial charge in [0.15, 0.2) is 4.75 Å². The summed E-state index contributed by atoms with van der Waals surface area (Å²) in [4.78, 5) is 7.88. The van der Waals surface area contributed by atoms with Gasteiger partial charge in [-0.2, -0.15) is 0 Å². The second kappa shape index (κ2) is 163. The molecule has 0 spiro atoms. The molecule has 0 saturated carbocycles. The van der Waals surface area contributed by atoms with E-state index in [1.54, 1.807) is 4.75 Å². The standard InChI is InChI=1S/2Al.O3.3O/c;;1-3-2;;;/q2*+3;;3*-2. The molecule has 8 heavy (non-hydrogen) atoms. The molecule has 6 nitrogen and oxygen atoms in total. The molecule has 0 aromatic carbocycles. The van der Waals surface area contributed by atoms with Crippen LogP contribution < -0.4 is 5.26 Å². The van der Waals surface area contributed by atoms with Crippen LogP contribution in [0.3, 0.4) is 0 Å². The fraction of sp³-hybridized carbons (Fsp3) is 0. The van der Waals surface area contributed by atoms with Gasteiger partial charge in [-0.15, -0.1) is 0 Å². The number of rotatable bonds is 0. The van der Waals surface area contributed by atoms with Gasteiger partial charge in [0, 0.05) is 0 Å². The third kappa shape index (κ3) is 1520. The fourth-order valence-corrected chi connectivity index (χ4v) is 0. The summed E-state index contributed by atoms with van der Waals surface area (Å²) >= 11 is 0. The summed E-state index contributed by atoms with van der Waals surface area (Å²) in [6.07, 6.45) is 0. The Morgan fingerprint density at radius 1 is 1.00 bits per heavy atom. The minimum absolute atomic E-state index is 0. The molecule has 0 atom stereocenters. The van der Waals surface area contributed by atoms with Crippen LogP contribution in [0.15, 0.2) is 0 Å². The van der Waals surface area contributed by atoms with E-state index in [2.05, 4.69) is 0 Å². The van der Waals surface area contributed by atoms with E-state index in [4.69, 9.17) is 10.2 Å². The summed E-state index contributed by atoms with van der Waals surface area (Å²) in [6.45, 7) is 0. The predicted octanol–water partition coefficient (Wildman–Crippen LogP) is -2.24. The summed E-state index contributed by atoms with van der Waals surface area (Å²) in [5.74, 6) is 0. The van der Waals surface area contributed by atoms with Gasteiger partial charge in [-0.1, -0.05) is 10.2 Å². The minimum Gasteiger partial charge on any atom is -2.00 e. The molecule has 8 heteroatoms. The van der Waals surface area contributed by atoms with Gasteiger partial charge in [-0.25, -0.2) is 0 Å². The molecule has 42 valence electrons. The molecule has 0 bridgehead atoms. The fourth-order valence-electron chi connectivity index (χ4n) is 0. The summed E-state index contributed by atoms with van der Waals surface area (Å²) < 4.78 is 1.75. The zero-order chi connectivity index (χ0) is 2.71. The van der Waals surface area contributed by atoms with Crippen LogP contribution >= 0.6 is 0 Å². The molecule has 0 N–H and O–H groups in total. The van der Waals surface area contributed by atoms with E-state index in [0.717, 1.165) is 0 Å². The summed E-state index contributed by atoms with van der Waals surface area (Å²) in [5, 5.41) is 7.88. The SMILES string of the molecule is O=[O+][O-].[Al+3].[Al+3].[O-2].[O-2].[O-2]. The maximum Gasteiger partial charge on any atom is 3.00 e. The average Bonchev–Trinajstić information content (AvgIpc) is 0.918. The van der Waals surface area contributed by atoms with E-state index in [0.29, 0.717) is 0 Å². The Morgan fingerprint density at radius 2 is 1.00 bits per heavy atom. The van der Waals surface area contributed by atoms with Crippen molar-refractivity contribution in [2.75, 3.05) is 0 Å². The molecule has 0 rings (SSSR count). The molecular formula is Al2O6. The van der Waals surface area contributed by atoms with Gasteiger partial charge in [-0.05, 0) is 0 Å². The average molecular weight is 150 g/mol. The van der Waals surface area contributed by atoms with Crippen LogP contribution in [-0.4, -0.2) is 34.7 Å². The number of hydrogen-bond acceptors (Lipinski definition) is 2. The van der Waals surface area contributed by atoms with Gasteiger partial charge in [0.1, 0.15) is 0 Å². The molecule has 0 aromatic heterocycles. The molecule has 0 heterocycles. The van der Waals surface area contributed by atoms with Crippen molar-refractivity contribution in [3.8, 4) is 0 Å². The van der Waals surface area contributed by atoms with E-state index in [9.17, 15) is 0 Å². The third-order valence-corrected chi connectivity index (χ3v) is 0. The van der Waals surface area contributed by atoms with Crippen molar-refractivity contribution >= 4 is 34.7 Å². The van der Waals surface area contributed by atoms with E-state index in [1.165, 1.54) is 0 Å². The Kier molecular flexibility index (Phi) is 1670. The van der Waals surface area contributed by atoms with Gasteiger partial charge < -0.3 is 16.4 Å². The van der Waals surface area contributed by atoms with Crippen molar-refractivity contribution in [3.05, 3.63) is 9.71 Å². The normalized spacial score (nSPS) is 1.50. The Labute approximate surface area is 66.5 Å². The first kappa shape index (κ1) is 81.9. The molecule has 0 fully saturated rings. The quantitative estimate of drug-likeness (QED) is 0.167. The van der Waals surface area contributed by atoms with E-state index >= 15 is 0 Å². The van der Waals surface area contributed by atoms with Crippen molar-refractivity contribution in [2.45, 2.75) is 0 Å². The third-order valence-electron chi connectivity index (χ3n) is 0. The van der Waals surface area contributed by atoms with Crippen LogP contribution in [0.2, 0.25) is 0 Å². The molecular weight excluding hydrogens is 150 g/mol. The van der Waals surface area contributed by atoms with Crippen LogP contribution in [0, 0.1) is 9.71 Å². The first-order valence-corrected chi connectivity index (χ1v) is 0.333. The summed E-state index contributed by atoms with van der Waals surface area (Å²) in [5.41, 5.74) is 0. The van der Waals surface area contributed by atoms with Gasteiger partial charge in [0.25, 0.3) is 0 Å². The molecule has 0 radical (unpaired) electrons. The molecule has 0 aliphatic rings. The van der Waals surface area contributed by atoms with Crippen molar-refractivity contribution in [3.63, 3.8) is 0 Å². The van der Waals surface area contributed by atoms with Crippen LogP contribution in [0.4, 0.5) is 0 Å². The van der Waals surface area contributed by atoms with Crippen molar-refractivity contribution in [1.82, 2.24) is 0 Å². The Bertz CT molecular complexity index is 14.0. The van der Waals surface area contributed by atoms with Crippen LogP contribution in [0.25, 0.3) is 0 Å². The van der Waals surface area contributed by atoms with Crippen molar-refractivity contribution < 1.29 is 21.7 Å². The summed E-state index contributed by atoms with van der Waals surface area (Å²) in [6, 6.07) is 0. The maximum atomic E-state index is 7.88. The number of hydrogen-bond donors (Lipinski definition) is 0. The van der Waals surface area contributed by atoms with Gasteiger partial charge in [-0.3, -0.25) is 0 Å². The zero-order valence-electron chi connectivity index (χ0n) is 3.60. The smallest absolute Gasteiger partial charge is 2.00 e. The Morgan fingerprint density at radius 3 is 1.00 bits per heavy atom. The second-order valence-electron chi connectivity index (χ2n) is 0.0680. The predicted molar refractivity (Wildman–Crippen MR) is 20.3 cm³/mol. The zero-order valence-corrected chi connectivity index (χ0v) is 5.91. The Hall–Kier alpha value is 0.345. The van der Waals surface area contributed by atoms with Crippen LogP contribution in [-0.2, 0) is 16.4 Å². The van der Waals surface area contributed by atoms with Gasteiger partial charge >= 0.3 is 34.7 Å². The second-order valence-corrected chi connectivity index (χ2v) is 0.0680. The van der Waals surface area contributed by atoms with Crippen LogP contribution in [0.1, 0.15) is 0 Å². The minimum atomic E-state index is 0. The monoisotopic (exact) mass is 150 g/mol. The van der Waals surface area contributed by atoms with E-state index in [-0.39, 0.29) is 51.2 Å². The van der Waals surface area contributed by atoms with Crippen molar-refractivity contribution in [1.29, 1.82) is 0 Å². The first-order valence-electron chi connectivity index (χ1n) is 0.333. The van der Waals surface area contributed by atoms with Crippen molar-refractivity contribution in [2.24, 2.45) is 0 Å². The van der Waals surface area contributed by atoms with E-state index in [1.807, 2.05) is 0 Å². The molecule has 0 unspecified atom stereocenters. The molecule has 0 aliphatic heterocycles. The van der Waals surface area contributed by atoms with Gasteiger partial charge in [0.05, 0.1) is 0 Å². The topological polar surface area (TPSA) is 137 Å². The maximum absolute atomic E-state index is 7.88.